The van der Waals surface area contributed by atoms with Gasteiger partial charge in [-0.15, -0.1) is 0 Å². The summed E-state index contributed by atoms with van der Waals surface area (Å²) >= 11 is 3.51. The van der Waals surface area contributed by atoms with Crippen LogP contribution >= 0.6 is 15.9 Å². The normalized spacial score (nSPS) is 19.1. The van der Waals surface area contributed by atoms with Gasteiger partial charge in [0.2, 0.25) is 0 Å². The fourth-order valence-electron chi connectivity index (χ4n) is 3.01. The number of nitrogens with zero attached hydrogens (tertiary/aromatic N) is 1. The summed E-state index contributed by atoms with van der Waals surface area (Å²) in [5, 5.41) is 3.77. The average molecular weight is 339 g/mol. The number of piperidine rings is 1. The lowest BCUT2D eigenvalue weighted by molar-refractivity contribution is 0.187. The van der Waals surface area contributed by atoms with E-state index in [1.807, 2.05) is 0 Å². The Morgan fingerprint density at radius 3 is 2.40 bits per heavy atom. The van der Waals surface area contributed by atoms with Gasteiger partial charge in [0.25, 0.3) is 0 Å². The highest BCUT2D eigenvalue weighted by molar-refractivity contribution is 9.10. The lowest BCUT2D eigenvalue weighted by atomic mass is 9.95. The molecule has 0 radical (unpaired) electrons. The molecule has 1 aliphatic rings. The van der Waals surface area contributed by atoms with Gasteiger partial charge in [0, 0.05) is 10.5 Å². The first kappa shape index (κ1) is 16.0. The van der Waals surface area contributed by atoms with Crippen LogP contribution in [-0.4, -0.2) is 31.1 Å². The summed E-state index contributed by atoms with van der Waals surface area (Å²) in [6.07, 6.45) is 3.84. The van der Waals surface area contributed by atoms with E-state index in [0.717, 1.165) is 23.4 Å². The third kappa shape index (κ3) is 4.57. The highest BCUT2D eigenvalue weighted by Gasteiger charge is 2.19. The van der Waals surface area contributed by atoms with Crippen molar-refractivity contribution in [3.8, 4) is 0 Å². The first-order chi connectivity index (χ1) is 9.72. The quantitative estimate of drug-likeness (QED) is 0.835. The molecular formula is C17H27BrN2. The van der Waals surface area contributed by atoms with Crippen LogP contribution in [0.2, 0.25) is 0 Å². The molecular weight excluding hydrogens is 312 g/mol. The largest absolute Gasteiger partial charge is 0.310 e. The van der Waals surface area contributed by atoms with E-state index in [1.54, 1.807) is 0 Å². The van der Waals surface area contributed by atoms with Crippen LogP contribution in [0.4, 0.5) is 0 Å². The minimum absolute atomic E-state index is 0.493. The van der Waals surface area contributed by atoms with Gasteiger partial charge >= 0.3 is 0 Å². The molecule has 0 aromatic heterocycles. The summed E-state index contributed by atoms with van der Waals surface area (Å²) in [5.41, 5.74) is 1.40. The van der Waals surface area contributed by atoms with Crippen LogP contribution < -0.4 is 5.32 Å². The SMILES string of the molecule is CCC(NCC1CCN(CC)CC1)c1ccc(Br)cc1. The van der Waals surface area contributed by atoms with E-state index in [4.69, 9.17) is 0 Å². The Balaban J connectivity index is 1.81. The third-order valence-electron chi connectivity index (χ3n) is 4.49. The molecule has 20 heavy (non-hydrogen) atoms. The molecule has 2 rings (SSSR count). The Labute approximate surface area is 132 Å². The fraction of sp³-hybridized carbons (Fsp3) is 0.647. The van der Waals surface area contributed by atoms with E-state index >= 15 is 0 Å². The molecule has 1 atom stereocenters. The monoisotopic (exact) mass is 338 g/mol. The number of likely N-dealkylation sites (tertiary alicyclic amines) is 1. The van der Waals surface area contributed by atoms with E-state index in [0.29, 0.717) is 6.04 Å². The van der Waals surface area contributed by atoms with Crippen molar-refractivity contribution in [3.63, 3.8) is 0 Å². The van der Waals surface area contributed by atoms with Gasteiger partial charge in [0.1, 0.15) is 0 Å². The van der Waals surface area contributed by atoms with E-state index in [1.165, 1.54) is 38.0 Å². The molecule has 1 N–H and O–H groups in total. The van der Waals surface area contributed by atoms with Crippen molar-refractivity contribution in [3.05, 3.63) is 34.3 Å². The second kappa shape index (κ2) is 8.16. The van der Waals surface area contributed by atoms with Crippen LogP contribution in [0.1, 0.15) is 44.7 Å². The van der Waals surface area contributed by atoms with Gasteiger partial charge in [0.05, 0.1) is 0 Å². The Kier molecular flexibility index (Phi) is 6.53. The molecule has 2 nitrogen and oxygen atoms in total. The molecule has 1 fully saturated rings. The van der Waals surface area contributed by atoms with E-state index in [2.05, 4.69) is 64.3 Å². The van der Waals surface area contributed by atoms with Crippen molar-refractivity contribution in [2.75, 3.05) is 26.2 Å². The zero-order valence-corrected chi connectivity index (χ0v) is 14.3. The number of rotatable bonds is 6. The molecule has 1 aromatic rings. The van der Waals surface area contributed by atoms with Crippen LogP contribution in [0.3, 0.4) is 0 Å². The second-order valence-corrected chi connectivity index (χ2v) is 6.71. The van der Waals surface area contributed by atoms with Gasteiger partial charge in [-0.2, -0.15) is 0 Å². The van der Waals surface area contributed by atoms with E-state index < -0.39 is 0 Å². The second-order valence-electron chi connectivity index (χ2n) is 5.80. The maximum atomic E-state index is 3.77. The molecule has 1 aromatic carbocycles. The van der Waals surface area contributed by atoms with Gasteiger partial charge in [-0.05, 0) is 69.1 Å². The molecule has 1 unspecified atom stereocenters. The van der Waals surface area contributed by atoms with Gasteiger partial charge in [0.15, 0.2) is 0 Å². The zero-order chi connectivity index (χ0) is 14.4. The Morgan fingerprint density at radius 1 is 1.20 bits per heavy atom. The van der Waals surface area contributed by atoms with Gasteiger partial charge < -0.3 is 10.2 Å². The highest BCUT2D eigenvalue weighted by Crippen LogP contribution is 2.21. The standard InChI is InChI=1S/C17H27BrN2/c1-3-17(15-5-7-16(18)8-6-15)19-13-14-9-11-20(4-2)12-10-14/h5-8,14,17,19H,3-4,9-13H2,1-2H3. The first-order valence-electron chi connectivity index (χ1n) is 7.94. The van der Waals surface area contributed by atoms with Crippen molar-refractivity contribution in [1.29, 1.82) is 0 Å². The molecule has 0 spiro atoms. The molecule has 112 valence electrons. The van der Waals surface area contributed by atoms with Crippen molar-refractivity contribution in [2.24, 2.45) is 5.92 Å². The number of halogens is 1. The smallest absolute Gasteiger partial charge is 0.0317 e. The van der Waals surface area contributed by atoms with E-state index in [-0.39, 0.29) is 0 Å². The maximum absolute atomic E-state index is 3.77. The molecule has 1 aliphatic heterocycles. The minimum Gasteiger partial charge on any atom is -0.310 e. The van der Waals surface area contributed by atoms with E-state index in [9.17, 15) is 0 Å². The molecule has 3 heteroatoms. The Bertz CT molecular complexity index is 382. The molecule has 0 amide bonds. The van der Waals surface area contributed by atoms with Crippen LogP contribution in [0, 0.1) is 5.92 Å². The van der Waals surface area contributed by atoms with Crippen LogP contribution in [0.5, 0.6) is 0 Å². The molecule has 0 saturated carbocycles. The minimum atomic E-state index is 0.493. The number of hydrogen-bond donors (Lipinski definition) is 1. The maximum Gasteiger partial charge on any atom is 0.0317 e. The lowest BCUT2D eigenvalue weighted by Crippen LogP contribution is -2.37. The fourth-order valence-corrected chi connectivity index (χ4v) is 3.27. The summed E-state index contributed by atoms with van der Waals surface area (Å²) < 4.78 is 1.16. The highest BCUT2D eigenvalue weighted by atomic mass is 79.9. The first-order valence-corrected chi connectivity index (χ1v) is 8.73. The van der Waals surface area contributed by atoms with Crippen molar-refractivity contribution in [1.82, 2.24) is 10.2 Å². The summed E-state index contributed by atoms with van der Waals surface area (Å²) in [6.45, 7) is 9.44. The van der Waals surface area contributed by atoms with Crippen LogP contribution in [0.15, 0.2) is 28.7 Å². The van der Waals surface area contributed by atoms with Crippen molar-refractivity contribution >= 4 is 15.9 Å². The zero-order valence-electron chi connectivity index (χ0n) is 12.7. The molecule has 0 aliphatic carbocycles. The summed E-state index contributed by atoms with van der Waals surface area (Å²) in [5.74, 6) is 0.849. The predicted molar refractivity (Wildman–Crippen MR) is 90.0 cm³/mol. The van der Waals surface area contributed by atoms with Crippen molar-refractivity contribution in [2.45, 2.75) is 39.2 Å². The molecule has 1 heterocycles. The summed E-state index contributed by atoms with van der Waals surface area (Å²) in [4.78, 5) is 2.56. The van der Waals surface area contributed by atoms with Gasteiger partial charge in [-0.25, -0.2) is 0 Å². The van der Waals surface area contributed by atoms with Gasteiger partial charge in [-0.1, -0.05) is 41.9 Å². The third-order valence-corrected chi connectivity index (χ3v) is 5.02. The Morgan fingerprint density at radius 2 is 1.85 bits per heavy atom. The summed E-state index contributed by atoms with van der Waals surface area (Å²) in [6, 6.07) is 9.22. The Hall–Kier alpha value is -0.380. The predicted octanol–water partition coefficient (Wildman–Crippen LogP) is 4.22. The van der Waals surface area contributed by atoms with Crippen LogP contribution in [-0.2, 0) is 0 Å². The average Bonchev–Trinajstić information content (AvgIpc) is 2.50. The van der Waals surface area contributed by atoms with Gasteiger partial charge in [-0.3, -0.25) is 0 Å². The van der Waals surface area contributed by atoms with Crippen LogP contribution in [0.25, 0.3) is 0 Å². The number of hydrogen-bond acceptors (Lipinski definition) is 2. The van der Waals surface area contributed by atoms with Crippen molar-refractivity contribution < 1.29 is 0 Å². The molecule has 0 bridgehead atoms. The summed E-state index contributed by atoms with van der Waals surface area (Å²) in [7, 11) is 0. The number of benzene rings is 1. The number of nitrogens with one attached hydrogen (secondary N) is 1. The topological polar surface area (TPSA) is 15.3 Å². The molecule has 1 saturated heterocycles. The lowest BCUT2D eigenvalue weighted by Gasteiger charge is -2.32.